The van der Waals surface area contributed by atoms with Gasteiger partial charge in [0.25, 0.3) is 5.92 Å². The molecule has 1 spiro atoms. The fraction of sp³-hybridized carbons (Fsp3) is 0.500. The van der Waals surface area contributed by atoms with Crippen molar-refractivity contribution < 1.29 is 27.4 Å². The number of pyridine rings is 1. The fourth-order valence-corrected chi connectivity index (χ4v) is 8.57. The third kappa shape index (κ3) is 4.82. The van der Waals surface area contributed by atoms with Crippen molar-refractivity contribution in [1.29, 1.82) is 0 Å². The molecule has 11 nitrogen and oxygen atoms in total. The molecular weight excluding hydrogens is 625 g/mol. The summed E-state index contributed by atoms with van der Waals surface area (Å²) in [5.74, 6) is -1.99. The summed E-state index contributed by atoms with van der Waals surface area (Å²) in [5.41, 5.74) is 1.90. The van der Waals surface area contributed by atoms with Crippen molar-refractivity contribution in [2.75, 3.05) is 37.8 Å². The van der Waals surface area contributed by atoms with E-state index in [0.29, 0.717) is 85.5 Å². The molecule has 5 aromatic rings. The van der Waals surface area contributed by atoms with Crippen LogP contribution >= 0.6 is 0 Å². The Morgan fingerprint density at radius 1 is 1.02 bits per heavy atom. The highest BCUT2D eigenvalue weighted by molar-refractivity contribution is 5.99. The molecule has 250 valence electrons. The third-order valence-corrected chi connectivity index (χ3v) is 10.7. The Morgan fingerprint density at radius 3 is 2.73 bits per heavy atom. The van der Waals surface area contributed by atoms with Crippen LogP contribution in [-0.4, -0.2) is 79.0 Å². The van der Waals surface area contributed by atoms with Gasteiger partial charge in [0, 0.05) is 49.6 Å². The third-order valence-electron chi connectivity index (χ3n) is 10.7. The molecule has 0 amide bonds. The predicted molar refractivity (Wildman–Crippen MR) is 169 cm³/mol. The molecule has 0 unspecified atom stereocenters. The van der Waals surface area contributed by atoms with Crippen LogP contribution in [0.25, 0.3) is 33.1 Å². The number of aryl methyl sites for hydroxylation is 2. The first kappa shape index (κ1) is 29.8. The van der Waals surface area contributed by atoms with E-state index in [2.05, 4.69) is 25.1 Å². The summed E-state index contributed by atoms with van der Waals surface area (Å²) in [5, 5.41) is 20.0. The van der Waals surface area contributed by atoms with Crippen molar-refractivity contribution in [2.45, 2.75) is 69.8 Å². The zero-order valence-electron chi connectivity index (χ0n) is 26.5. The van der Waals surface area contributed by atoms with E-state index in [1.807, 2.05) is 13.0 Å². The van der Waals surface area contributed by atoms with Gasteiger partial charge >= 0.3 is 6.01 Å². The van der Waals surface area contributed by atoms with Gasteiger partial charge in [-0.2, -0.15) is 15.1 Å². The minimum Gasteiger partial charge on any atom is -0.447 e. The summed E-state index contributed by atoms with van der Waals surface area (Å²) in [7, 11) is 0. The van der Waals surface area contributed by atoms with Gasteiger partial charge in [-0.15, -0.1) is 0 Å². The van der Waals surface area contributed by atoms with Gasteiger partial charge in [-0.25, -0.2) is 18.2 Å². The summed E-state index contributed by atoms with van der Waals surface area (Å²) >= 11 is 0. The van der Waals surface area contributed by atoms with Crippen LogP contribution in [0, 0.1) is 18.2 Å². The highest BCUT2D eigenvalue weighted by atomic mass is 19.3. The number of anilines is 1. The maximum Gasteiger partial charge on any atom is 0.320 e. The van der Waals surface area contributed by atoms with Crippen molar-refractivity contribution in [3.8, 4) is 17.3 Å². The lowest BCUT2D eigenvalue weighted by atomic mass is 9.56. The SMILES string of the molecule is Cc1cc2[nH]ncc2c2c1CCc1cnc(o1)C1(O)CC3(CCCN(C3)c3nc(OCN4CCCC(F)(F)C4)nc4c(F)c-2ncc34)C1. The number of oxazole rings is 1. The molecule has 14 heteroatoms. The van der Waals surface area contributed by atoms with Crippen LogP contribution in [0.2, 0.25) is 0 Å². The predicted octanol–water partition coefficient (Wildman–Crippen LogP) is 5.44. The van der Waals surface area contributed by atoms with Crippen LogP contribution in [0.1, 0.15) is 61.3 Å². The Bertz CT molecular complexity index is 2070. The molecule has 2 N–H and O–H groups in total. The van der Waals surface area contributed by atoms with E-state index in [1.165, 1.54) is 4.90 Å². The number of nitrogens with zero attached hydrogens (tertiary/aromatic N) is 7. The first-order valence-corrected chi connectivity index (χ1v) is 16.6. The van der Waals surface area contributed by atoms with E-state index < -0.39 is 23.9 Å². The van der Waals surface area contributed by atoms with E-state index in [-0.39, 0.29) is 35.8 Å². The van der Waals surface area contributed by atoms with Crippen LogP contribution in [0.3, 0.4) is 0 Å². The van der Waals surface area contributed by atoms with Crippen LogP contribution in [-0.2, 0) is 18.4 Å². The number of hydrogen-bond donors (Lipinski definition) is 2. The molecule has 48 heavy (non-hydrogen) atoms. The molecule has 2 saturated heterocycles. The number of likely N-dealkylation sites (tertiary alicyclic amines) is 1. The molecule has 11 rings (SSSR count). The van der Waals surface area contributed by atoms with Crippen LogP contribution in [0.15, 0.2) is 29.1 Å². The van der Waals surface area contributed by atoms with Gasteiger partial charge in [0.1, 0.15) is 35.1 Å². The first-order chi connectivity index (χ1) is 23.1. The Balaban J connectivity index is 1.22. The van der Waals surface area contributed by atoms with Gasteiger partial charge in [-0.1, -0.05) is 0 Å². The molecule has 6 aliphatic rings. The summed E-state index contributed by atoms with van der Waals surface area (Å²) in [4.78, 5) is 22.2. The quantitative estimate of drug-likeness (QED) is 0.258. The monoisotopic (exact) mass is 660 g/mol. The average Bonchev–Trinajstić information content (AvgIpc) is 3.72. The number of aliphatic hydroxyl groups is 1. The Morgan fingerprint density at radius 2 is 1.88 bits per heavy atom. The minimum absolute atomic E-state index is 0.0431. The van der Waals surface area contributed by atoms with Gasteiger partial charge in [0.2, 0.25) is 5.89 Å². The molecule has 9 bridgehead atoms. The van der Waals surface area contributed by atoms with Crippen LogP contribution in [0.5, 0.6) is 6.01 Å². The molecule has 4 aromatic heterocycles. The van der Waals surface area contributed by atoms with Gasteiger partial charge in [-0.05, 0) is 68.1 Å². The first-order valence-electron chi connectivity index (χ1n) is 16.6. The summed E-state index contributed by atoms with van der Waals surface area (Å²) in [6.45, 7) is 3.07. The number of piperidine rings is 2. The maximum absolute atomic E-state index is 17.1. The lowest BCUT2D eigenvalue weighted by molar-refractivity contribution is -0.154. The van der Waals surface area contributed by atoms with Crippen molar-refractivity contribution in [3.05, 3.63) is 53.3 Å². The Labute approximate surface area is 273 Å². The second kappa shape index (κ2) is 10.6. The van der Waals surface area contributed by atoms with Crippen molar-refractivity contribution in [2.24, 2.45) is 5.41 Å². The molecule has 1 saturated carbocycles. The zero-order chi connectivity index (χ0) is 32.8. The molecule has 0 radical (unpaired) electrons. The summed E-state index contributed by atoms with van der Waals surface area (Å²) in [6.07, 6.45) is 8.81. The van der Waals surface area contributed by atoms with Gasteiger partial charge in [-0.3, -0.25) is 15.0 Å². The van der Waals surface area contributed by atoms with Crippen LogP contribution < -0.4 is 9.64 Å². The summed E-state index contributed by atoms with van der Waals surface area (Å²) < 4.78 is 57.6. The zero-order valence-corrected chi connectivity index (χ0v) is 26.5. The van der Waals surface area contributed by atoms with E-state index in [0.717, 1.165) is 29.5 Å². The topological polar surface area (TPSA) is 129 Å². The molecule has 1 aliphatic carbocycles. The number of nitrogens with one attached hydrogen (secondary N) is 1. The van der Waals surface area contributed by atoms with Crippen LogP contribution in [0.4, 0.5) is 19.0 Å². The normalized spacial score (nSPS) is 25.3. The van der Waals surface area contributed by atoms with E-state index in [9.17, 15) is 13.9 Å². The van der Waals surface area contributed by atoms with Crippen molar-refractivity contribution >= 4 is 27.6 Å². The van der Waals surface area contributed by atoms with Gasteiger partial charge < -0.3 is 19.2 Å². The lowest BCUT2D eigenvalue weighted by Crippen LogP contribution is -2.57. The van der Waals surface area contributed by atoms with E-state index in [4.69, 9.17) is 19.1 Å². The molecule has 3 fully saturated rings. The average molecular weight is 661 g/mol. The number of ether oxygens (including phenoxy) is 1. The maximum atomic E-state index is 17.1. The molecule has 1 aromatic carbocycles. The lowest BCUT2D eigenvalue weighted by Gasteiger charge is -2.56. The number of rotatable bonds is 3. The number of benzene rings is 1. The minimum atomic E-state index is -2.80. The highest BCUT2D eigenvalue weighted by Gasteiger charge is 2.58. The Kier molecular flexibility index (Phi) is 6.58. The van der Waals surface area contributed by atoms with Crippen molar-refractivity contribution in [1.82, 2.24) is 35.0 Å². The standard InChI is InChI=1S/C34H35F3N8O3/c1-19-10-24-22(13-40-43-24)25-21(19)5-4-20-11-39-30(48-20)33(46)14-32(15-33)6-2-9-45(16-32)29-23-12-38-28(25)26(35)27(23)41-31(42-29)47-18-44-8-3-7-34(36,37)17-44/h10-13,46H,2-9,14-18H2,1H3,(H,40,43). The fourth-order valence-electron chi connectivity index (χ4n) is 8.57. The largest absolute Gasteiger partial charge is 0.447 e. The van der Waals surface area contributed by atoms with Gasteiger partial charge in [0.15, 0.2) is 5.82 Å². The van der Waals surface area contributed by atoms with E-state index in [1.54, 1.807) is 18.6 Å². The smallest absolute Gasteiger partial charge is 0.320 e. The van der Waals surface area contributed by atoms with Gasteiger partial charge in [0.05, 0.1) is 29.8 Å². The number of aromatic nitrogens is 6. The number of hydrogen-bond acceptors (Lipinski definition) is 10. The second-order valence-electron chi connectivity index (χ2n) is 14.2. The highest BCUT2D eigenvalue weighted by Crippen LogP contribution is 2.58. The molecule has 5 aliphatic heterocycles. The van der Waals surface area contributed by atoms with Crippen molar-refractivity contribution in [3.63, 3.8) is 0 Å². The number of alkyl halides is 2. The summed E-state index contributed by atoms with van der Waals surface area (Å²) in [6, 6.07) is 1.89. The molecule has 9 heterocycles. The number of H-pyrrole nitrogens is 1. The Hall–Kier alpha value is -4.30. The number of aromatic amines is 1. The number of halogens is 3. The molecular formula is C34H35F3N8O3. The second-order valence-corrected chi connectivity index (χ2v) is 14.2. The van der Waals surface area contributed by atoms with E-state index >= 15 is 4.39 Å². The number of fused-ring (bicyclic) bond motifs is 1. The molecule has 0 atom stereocenters.